The second-order valence-corrected chi connectivity index (χ2v) is 8.20. The van der Waals surface area contributed by atoms with Gasteiger partial charge in [0.2, 0.25) is 5.76 Å². The summed E-state index contributed by atoms with van der Waals surface area (Å²) in [6.07, 6.45) is 0. The Bertz CT molecular complexity index is 1620. The molecule has 1 atom stereocenters. The second-order valence-electron chi connectivity index (χ2n) is 7.77. The molecule has 6 rings (SSSR count). The van der Waals surface area contributed by atoms with Crippen LogP contribution in [0.25, 0.3) is 21.7 Å². The molecule has 0 aliphatic carbocycles. The van der Waals surface area contributed by atoms with Gasteiger partial charge in [-0.1, -0.05) is 59.2 Å². The standard InChI is InChI=1S/C25H15ClN2O4/c1-13-11-19(27-32-13)28-21(15-6-4-7-16(26)12-15)20-22(29)18-10-9-14-5-2-3-8-17(14)23(18)31-24(20)25(28)30/h2-12,21H,1H3/t21-/m0/s1. The van der Waals surface area contributed by atoms with Crippen molar-refractivity contribution in [3.8, 4) is 0 Å². The lowest BCUT2D eigenvalue weighted by atomic mass is 9.97. The maximum absolute atomic E-state index is 13.7. The van der Waals surface area contributed by atoms with E-state index in [-0.39, 0.29) is 16.8 Å². The second kappa shape index (κ2) is 6.80. The molecule has 1 aliphatic rings. The quantitative estimate of drug-likeness (QED) is 0.330. The van der Waals surface area contributed by atoms with E-state index in [0.29, 0.717) is 33.1 Å². The molecule has 0 N–H and O–H groups in total. The number of carbonyl (C=O) groups excluding carboxylic acids is 1. The number of nitrogens with zero attached hydrogens (tertiary/aromatic N) is 2. The van der Waals surface area contributed by atoms with Crippen molar-refractivity contribution in [2.45, 2.75) is 13.0 Å². The number of benzene rings is 3. The van der Waals surface area contributed by atoms with Crippen molar-refractivity contribution in [2.24, 2.45) is 0 Å². The van der Waals surface area contributed by atoms with Gasteiger partial charge < -0.3 is 8.94 Å². The van der Waals surface area contributed by atoms with E-state index in [0.717, 1.165) is 10.8 Å². The summed E-state index contributed by atoms with van der Waals surface area (Å²) in [7, 11) is 0. The molecule has 7 heteroatoms. The van der Waals surface area contributed by atoms with E-state index < -0.39 is 11.9 Å². The molecular formula is C25H15ClN2O4. The third kappa shape index (κ3) is 2.63. The average Bonchev–Trinajstić information content (AvgIpc) is 3.35. The number of anilines is 1. The van der Waals surface area contributed by atoms with Gasteiger partial charge in [0, 0.05) is 16.5 Å². The fourth-order valence-corrected chi connectivity index (χ4v) is 4.59. The number of aryl methyl sites for hydroxylation is 1. The first-order valence-corrected chi connectivity index (χ1v) is 10.4. The van der Waals surface area contributed by atoms with Gasteiger partial charge in [-0.15, -0.1) is 0 Å². The predicted octanol–water partition coefficient (Wildman–Crippen LogP) is 5.65. The zero-order valence-corrected chi connectivity index (χ0v) is 17.6. The van der Waals surface area contributed by atoms with Crippen LogP contribution in [0.15, 0.2) is 80.5 Å². The molecule has 5 aromatic rings. The van der Waals surface area contributed by atoms with E-state index in [1.165, 1.54) is 4.90 Å². The Balaban J connectivity index is 1.70. The predicted molar refractivity (Wildman–Crippen MR) is 121 cm³/mol. The van der Waals surface area contributed by atoms with Crippen molar-refractivity contribution in [3.05, 3.63) is 105 Å². The minimum absolute atomic E-state index is 0.00415. The molecule has 1 amide bonds. The molecule has 0 radical (unpaired) electrons. The van der Waals surface area contributed by atoms with Crippen LogP contribution in [0.2, 0.25) is 5.02 Å². The van der Waals surface area contributed by atoms with Crippen molar-refractivity contribution < 1.29 is 13.7 Å². The number of fused-ring (bicyclic) bond motifs is 4. The number of halogens is 1. The van der Waals surface area contributed by atoms with Crippen LogP contribution in [0.4, 0.5) is 5.82 Å². The molecule has 3 aromatic carbocycles. The fraction of sp³-hybridized carbons (Fsp3) is 0.0800. The first-order valence-electron chi connectivity index (χ1n) is 10.0. The highest BCUT2D eigenvalue weighted by atomic mass is 35.5. The van der Waals surface area contributed by atoms with Crippen LogP contribution < -0.4 is 10.3 Å². The Kier molecular flexibility index (Phi) is 4.00. The van der Waals surface area contributed by atoms with Gasteiger partial charge in [-0.05, 0) is 36.1 Å². The first kappa shape index (κ1) is 18.8. The summed E-state index contributed by atoms with van der Waals surface area (Å²) in [5.74, 6) is 0.399. The van der Waals surface area contributed by atoms with E-state index in [4.69, 9.17) is 20.5 Å². The maximum Gasteiger partial charge on any atom is 0.296 e. The molecule has 3 heterocycles. The SMILES string of the molecule is Cc1cc(N2C(=O)c3oc4c(ccc5ccccc54)c(=O)c3[C@@H]2c2cccc(Cl)c2)no1. The molecule has 0 saturated carbocycles. The lowest BCUT2D eigenvalue weighted by Gasteiger charge is -2.22. The molecule has 0 bridgehead atoms. The van der Waals surface area contributed by atoms with Crippen molar-refractivity contribution in [3.63, 3.8) is 0 Å². The van der Waals surface area contributed by atoms with E-state index in [9.17, 15) is 9.59 Å². The Labute approximate surface area is 186 Å². The van der Waals surface area contributed by atoms with E-state index >= 15 is 0 Å². The van der Waals surface area contributed by atoms with Crippen LogP contribution in [-0.4, -0.2) is 11.1 Å². The highest BCUT2D eigenvalue weighted by molar-refractivity contribution is 6.30. The molecule has 0 saturated heterocycles. The van der Waals surface area contributed by atoms with Crippen molar-refractivity contribution in [1.82, 2.24) is 5.16 Å². The Morgan fingerprint density at radius 2 is 1.81 bits per heavy atom. The van der Waals surface area contributed by atoms with Gasteiger partial charge in [0.05, 0.1) is 17.0 Å². The summed E-state index contributed by atoms with van der Waals surface area (Å²) >= 11 is 6.25. The van der Waals surface area contributed by atoms with Gasteiger partial charge in [-0.3, -0.25) is 14.5 Å². The van der Waals surface area contributed by atoms with Gasteiger partial charge in [-0.2, -0.15) is 0 Å². The lowest BCUT2D eigenvalue weighted by Crippen LogP contribution is -2.29. The van der Waals surface area contributed by atoms with Crippen LogP contribution in [0.3, 0.4) is 0 Å². The fourth-order valence-electron chi connectivity index (χ4n) is 4.40. The largest absolute Gasteiger partial charge is 0.450 e. The number of aromatic nitrogens is 1. The van der Waals surface area contributed by atoms with Crippen molar-refractivity contribution in [1.29, 1.82) is 0 Å². The van der Waals surface area contributed by atoms with Crippen LogP contribution in [-0.2, 0) is 0 Å². The molecule has 2 aromatic heterocycles. The minimum Gasteiger partial charge on any atom is -0.450 e. The third-order valence-electron chi connectivity index (χ3n) is 5.79. The molecule has 0 fully saturated rings. The smallest absolute Gasteiger partial charge is 0.296 e. The van der Waals surface area contributed by atoms with E-state index in [2.05, 4.69) is 5.16 Å². The summed E-state index contributed by atoms with van der Waals surface area (Å²) in [5, 5.41) is 6.64. The first-order chi connectivity index (χ1) is 15.5. The summed E-state index contributed by atoms with van der Waals surface area (Å²) in [4.78, 5) is 28.8. The highest BCUT2D eigenvalue weighted by Crippen LogP contribution is 2.42. The molecule has 0 unspecified atom stereocenters. The monoisotopic (exact) mass is 442 g/mol. The topological polar surface area (TPSA) is 76.6 Å². The zero-order valence-electron chi connectivity index (χ0n) is 16.8. The number of hydrogen-bond donors (Lipinski definition) is 0. The normalized spacial score (nSPS) is 15.6. The van der Waals surface area contributed by atoms with Gasteiger partial charge >= 0.3 is 0 Å². The van der Waals surface area contributed by atoms with Crippen LogP contribution in [0.1, 0.15) is 33.5 Å². The Hall–Kier alpha value is -3.90. The highest BCUT2D eigenvalue weighted by Gasteiger charge is 2.45. The Morgan fingerprint density at radius 3 is 2.59 bits per heavy atom. The summed E-state index contributed by atoms with van der Waals surface area (Å²) < 4.78 is 11.4. The van der Waals surface area contributed by atoms with Crippen molar-refractivity contribution in [2.75, 3.05) is 4.90 Å². The number of hydrogen-bond acceptors (Lipinski definition) is 5. The number of amides is 1. The summed E-state index contributed by atoms with van der Waals surface area (Å²) in [6, 6.07) is 19.2. The zero-order chi connectivity index (χ0) is 22.0. The molecule has 156 valence electrons. The molecule has 6 nitrogen and oxygen atoms in total. The third-order valence-corrected chi connectivity index (χ3v) is 6.02. The van der Waals surface area contributed by atoms with Crippen LogP contribution in [0, 0.1) is 6.92 Å². The lowest BCUT2D eigenvalue weighted by molar-refractivity contribution is 0.0969. The molecule has 0 spiro atoms. The Morgan fingerprint density at radius 1 is 0.969 bits per heavy atom. The number of carbonyl (C=O) groups is 1. The molecular weight excluding hydrogens is 428 g/mol. The van der Waals surface area contributed by atoms with Gasteiger partial charge in [0.1, 0.15) is 11.3 Å². The van der Waals surface area contributed by atoms with Crippen LogP contribution >= 0.6 is 11.6 Å². The van der Waals surface area contributed by atoms with Gasteiger partial charge in [-0.25, -0.2) is 0 Å². The van der Waals surface area contributed by atoms with Crippen molar-refractivity contribution >= 4 is 45.1 Å². The van der Waals surface area contributed by atoms with Gasteiger partial charge in [0.15, 0.2) is 11.2 Å². The maximum atomic E-state index is 13.7. The number of rotatable bonds is 2. The average molecular weight is 443 g/mol. The minimum atomic E-state index is -0.743. The van der Waals surface area contributed by atoms with Gasteiger partial charge in [0.25, 0.3) is 5.91 Å². The summed E-state index contributed by atoms with van der Waals surface area (Å²) in [5.41, 5.74) is 1.08. The molecule has 1 aliphatic heterocycles. The molecule has 32 heavy (non-hydrogen) atoms. The van der Waals surface area contributed by atoms with E-state index in [1.54, 1.807) is 37.3 Å². The van der Waals surface area contributed by atoms with E-state index in [1.807, 2.05) is 36.4 Å². The van der Waals surface area contributed by atoms with Crippen LogP contribution in [0.5, 0.6) is 0 Å². The summed E-state index contributed by atoms with van der Waals surface area (Å²) in [6.45, 7) is 1.74.